The summed E-state index contributed by atoms with van der Waals surface area (Å²) in [4.78, 5) is 13.8. The molecule has 0 saturated heterocycles. The highest BCUT2D eigenvalue weighted by atomic mass is 19.4. The molecule has 1 rings (SSSR count). The van der Waals surface area contributed by atoms with E-state index < -0.39 is 17.7 Å². The van der Waals surface area contributed by atoms with E-state index >= 15 is 0 Å². The van der Waals surface area contributed by atoms with Crippen molar-refractivity contribution in [2.75, 3.05) is 19.7 Å². The third-order valence-electron chi connectivity index (χ3n) is 3.13. The van der Waals surface area contributed by atoms with Gasteiger partial charge in [-0.25, -0.2) is 4.79 Å². The van der Waals surface area contributed by atoms with Crippen molar-refractivity contribution in [3.63, 3.8) is 0 Å². The molecule has 0 fully saturated rings. The third kappa shape index (κ3) is 4.79. The average Bonchev–Trinajstić information content (AvgIpc) is 2.47. The fraction of sp³-hybridized carbons (Fsp3) is 0.438. The first-order valence-corrected chi connectivity index (χ1v) is 7.14. The van der Waals surface area contributed by atoms with Crippen LogP contribution in [0.3, 0.4) is 0 Å². The predicted molar refractivity (Wildman–Crippen MR) is 79.0 cm³/mol. The number of rotatable bonds is 6. The van der Waals surface area contributed by atoms with Gasteiger partial charge >= 0.3 is 12.1 Å². The summed E-state index contributed by atoms with van der Waals surface area (Å²) in [5.74, 6) is -0.480. The minimum atomic E-state index is -4.37. The zero-order valence-electron chi connectivity index (χ0n) is 12.9. The Hall–Kier alpha value is -1.98. The molecule has 3 nitrogen and oxygen atoms in total. The summed E-state index contributed by atoms with van der Waals surface area (Å²) in [7, 11) is 0. The number of hydrogen-bond acceptors (Lipinski definition) is 3. The van der Waals surface area contributed by atoms with Gasteiger partial charge in [0.2, 0.25) is 0 Å². The molecule has 0 aliphatic carbocycles. The summed E-state index contributed by atoms with van der Waals surface area (Å²) in [5, 5.41) is 0. The maximum atomic E-state index is 12.6. The van der Waals surface area contributed by atoms with Crippen LogP contribution in [0.2, 0.25) is 0 Å². The van der Waals surface area contributed by atoms with Crippen LogP contribution < -0.4 is 0 Å². The van der Waals surface area contributed by atoms with E-state index in [0.717, 1.165) is 12.1 Å². The second kappa shape index (κ2) is 7.87. The van der Waals surface area contributed by atoms with Crippen molar-refractivity contribution in [2.45, 2.75) is 26.9 Å². The first kappa shape index (κ1) is 18.1. The molecule has 1 aromatic carbocycles. The lowest BCUT2D eigenvalue weighted by Crippen LogP contribution is -2.28. The van der Waals surface area contributed by atoms with Crippen LogP contribution in [-0.4, -0.2) is 30.6 Å². The maximum Gasteiger partial charge on any atom is 0.416 e. The molecule has 0 aliphatic rings. The van der Waals surface area contributed by atoms with Gasteiger partial charge in [-0.2, -0.15) is 13.2 Å². The SMILES string of the molecule is CCOC(=O)/C(=C\c1ccc(C(F)(F)F)cc1)N(CC)CC. The molecule has 1 aromatic rings. The molecule has 6 heteroatoms. The number of benzene rings is 1. The van der Waals surface area contributed by atoms with Crippen molar-refractivity contribution in [1.82, 2.24) is 4.90 Å². The zero-order valence-corrected chi connectivity index (χ0v) is 12.9. The van der Waals surface area contributed by atoms with Crippen molar-refractivity contribution in [1.29, 1.82) is 0 Å². The van der Waals surface area contributed by atoms with Gasteiger partial charge in [-0.1, -0.05) is 12.1 Å². The van der Waals surface area contributed by atoms with Crippen LogP contribution in [-0.2, 0) is 15.7 Å². The van der Waals surface area contributed by atoms with E-state index in [1.807, 2.05) is 13.8 Å². The molecule has 0 unspecified atom stereocenters. The molecule has 0 atom stereocenters. The third-order valence-corrected chi connectivity index (χ3v) is 3.13. The summed E-state index contributed by atoms with van der Waals surface area (Å²) in [6.07, 6.45) is -2.82. The number of hydrogen-bond donors (Lipinski definition) is 0. The number of halogens is 3. The van der Waals surface area contributed by atoms with E-state index in [2.05, 4.69) is 0 Å². The lowest BCUT2D eigenvalue weighted by molar-refractivity contribution is -0.140. The average molecular weight is 315 g/mol. The first-order chi connectivity index (χ1) is 10.3. The number of carbonyl (C=O) groups is 1. The predicted octanol–water partition coefficient (Wildman–Crippen LogP) is 3.95. The molecule has 0 radical (unpaired) electrons. The van der Waals surface area contributed by atoms with Crippen LogP contribution in [0.1, 0.15) is 31.9 Å². The summed E-state index contributed by atoms with van der Waals surface area (Å²) >= 11 is 0. The normalized spacial score (nSPS) is 12.2. The van der Waals surface area contributed by atoms with Crippen LogP contribution in [0, 0.1) is 0 Å². The molecule has 0 saturated carbocycles. The number of alkyl halides is 3. The first-order valence-electron chi connectivity index (χ1n) is 7.14. The van der Waals surface area contributed by atoms with Crippen molar-refractivity contribution >= 4 is 12.0 Å². The van der Waals surface area contributed by atoms with Crippen molar-refractivity contribution in [3.05, 3.63) is 41.1 Å². The van der Waals surface area contributed by atoms with Crippen LogP contribution in [0.15, 0.2) is 30.0 Å². The Morgan fingerprint density at radius 2 is 1.68 bits per heavy atom. The van der Waals surface area contributed by atoms with Gasteiger partial charge in [-0.15, -0.1) is 0 Å². The Balaban J connectivity index is 3.13. The van der Waals surface area contributed by atoms with Crippen LogP contribution in [0.25, 0.3) is 6.08 Å². The number of ether oxygens (including phenoxy) is 1. The summed E-state index contributed by atoms with van der Waals surface area (Å²) in [5.41, 5.74) is 0.139. The van der Waals surface area contributed by atoms with E-state index in [9.17, 15) is 18.0 Å². The molecule has 0 aromatic heterocycles. The molecule has 0 N–H and O–H groups in total. The van der Waals surface area contributed by atoms with Gasteiger partial charge in [0.25, 0.3) is 0 Å². The molecular formula is C16H20F3NO2. The van der Waals surface area contributed by atoms with E-state index in [4.69, 9.17) is 4.74 Å². The van der Waals surface area contributed by atoms with Gasteiger partial charge in [0.1, 0.15) is 5.70 Å². The molecule has 0 bridgehead atoms. The van der Waals surface area contributed by atoms with Crippen LogP contribution in [0.4, 0.5) is 13.2 Å². The fourth-order valence-corrected chi connectivity index (χ4v) is 1.97. The van der Waals surface area contributed by atoms with E-state index in [1.54, 1.807) is 17.9 Å². The Bertz CT molecular complexity index is 517. The quantitative estimate of drug-likeness (QED) is 0.588. The highest BCUT2D eigenvalue weighted by Crippen LogP contribution is 2.29. The van der Waals surface area contributed by atoms with E-state index in [0.29, 0.717) is 24.4 Å². The smallest absolute Gasteiger partial charge is 0.416 e. The standard InChI is InChI=1S/C16H20F3NO2/c1-4-20(5-2)14(15(21)22-6-3)11-12-7-9-13(10-8-12)16(17,18)19/h7-11H,4-6H2,1-3H3/b14-11+. The van der Waals surface area contributed by atoms with Crippen LogP contribution >= 0.6 is 0 Å². The fourth-order valence-electron chi connectivity index (χ4n) is 1.97. The van der Waals surface area contributed by atoms with Gasteiger partial charge in [0.15, 0.2) is 0 Å². The summed E-state index contributed by atoms with van der Waals surface area (Å²) in [6, 6.07) is 4.67. The lowest BCUT2D eigenvalue weighted by atomic mass is 10.1. The molecule has 22 heavy (non-hydrogen) atoms. The molecular weight excluding hydrogens is 295 g/mol. The largest absolute Gasteiger partial charge is 0.461 e. The molecule has 0 spiro atoms. The molecule has 122 valence electrons. The minimum absolute atomic E-state index is 0.241. The Morgan fingerprint density at radius 3 is 2.09 bits per heavy atom. The van der Waals surface area contributed by atoms with Gasteiger partial charge in [-0.05, 0) is 44.5 Å². The minimum Gasteiger partial charge on any atom is -0.461 e. The van der Waals surface area contributed by atoms with E-state index in [1.165, 1.54) is 12.1 Å². The van der Waals surface area contributed by atoms with E-state index in [-0.39, 0.29) is 6.61 Å². The zero-order chi connectivity index (χ0) is 16.8. The number of nitrogens with zero attached hydrogens (tertiary/aromatic N) is 1. The van der Waals surface area contributed by atoms with Crippen molar-refractivity contribution < 1.29 is 22.7 Å². The van der Waals surface area contributed by atoms with Gasteiger partial charge < -0.3 is 9.64 Å². The monoisotopic (exact) mass is 315 g/mol. The topological polar surface area (TPSA) is 29.5 Å². The second-order valence-electron chi connectivity index (χ2n) is 4.54. The Labute approximate surface area is 128 Å². The second-order valence-corrected chi connectivity index (χ2v) is 4.54. The molecule has 0 aliphatic heterocycles. The van der Waals surface area contributed by atoms with Crippen LogP contribution in [0.5, 0.6) is 0 Å². The van der Waals surface area contributed by atoms with Gasteiger partial charge in [0.05, 0.1) is 12.2 Å². The van der Waals surface area contributed by atoms with Crippen molar-refractivity contribution in [3.8, 4) is 0 Å². The molecule has 0 heterocycles. The number of carbonyl (C=O) groups excluding carboxylic acids is 1. The Morgan fingerprint density at radius 1 is 1.14 bits per heavy atom. The van der Waals surface area contributed by atoms with Gasteiger partial charge in [0, 0.05) is 13.1 Å². The summed E-state index contributed by atoms with van der Waals surface area (Å²) in [6.45, 7) is 6.93. The lowest BCUT2D eigenvalue weighted by Gasteiger charge is -2.23. The summed E-state index contributed by atoms with van der Waals surface area (Å²) < 4.78 is 42.7. The van der Waals surface area contributed by atoms with Crippen molar-refractivity contribution in [2.24, 2.45) is 0 Å². The molecule has 0 amide bonds. The number of likely N-dealkylation sites (N-methyl/N-ethyl adjacent to an activating group) is 1. The highest BCUT2D eigenvalue weighted by molar-refractivity contribution is 5.93. The Kier molecular flexibility index (Phi) is 6.46. The number of esters is 1. The highest BCUT2D eigenvalue weighted by Gasteiger charge is 2.29. The van der Waals surface area contributed by atoms with Gasteiger partial charge in [-0.3, -0.25) is 0 Å². The maximum absolute atomic E-state index is 12.6.